The van der Waals surface area contributed by atoms with E-state index in [1.807, 2.05) is 0 Å². The topological polar surface area (TPSA) is 49.3 Å². The Morgan fingerprint density at radius 3 is 2.33 bits per heavy atom. The van der Waals surface area contributed by atoms with Gasteiger partial charge in [0.25, 0.3) is 0 Å². The number of alkyl halides is 3. The molecule has 18 heavy (non-hydrogen) atoms. The van der Waals surface area contributed by atoms with Gasteiger partial charge in [-0.25, -0.2) is 0 Å². The van der Waals surface area contributed by atoms with Crippen molar-refractivity contribution in [1.29, 1.82) is 0 Å². The highest BCUT2D eigenvalue weighted by Crippen LogP contribution is 2.31. The van der Waals surface area contributed by atoms with E-state index in [0.29, 0.717) is 0 Å². The summed E-state index contributed by atoms with van der Waals surface area (Å²) in [7, 11) is 0. The molecule has 0 spiro atoms. The summed E-state index contributed by atoms with van der Waals surface area (Å²) in [6.45, 7) is 2.63. The largest absolute Gasteiger partial charge is 0.480 e. The van der Waals surface area contributed by atoms with Crippen LogP contribution in [0.1, 0.15) is 25.0 Å². The fraction of sp³-hybridized carbons (Fsp3) is 0.417. The van der Waals surface area contributed by atoms with Crippen LogP contribution >= 0.6 is 0 Å². The van der Waals surface area contributed by atoms with Crippen molar-refractivity contribution in [2.75, 3.05) is 0 Å². The van der Waals surface area contributed by atoms with Crippen molar-refractivity contribution < 1.29 is 23.1 Å². The molecule has 0 heterocycles. The molecule has 0 aliphatic heterocycles. The van der Waals surface area contributed by atoms with Gasteiger partial charge in [0.2, 0.25) is 0 Å². The first-order valence-electron chi connectivity index (χ1n) is 5.28. The monoisotopic (exact) mass is 261 g/mol. The summed E-state index contributed by atoms with van der Waals surface area (Å²) in [5.41, 5.74) is -2.00. The van der Waals surface area contributed by atoms with Crippen LogP contribution in [-0.4, -0.2) is 16.6 Å². The Labute approximate surface area is 103 Å². The van der Waals surface area contributed by atoms with Crippen LogP contribution in [0.4, 0.5) is 13.2 Å². The number of carboxylic acid groups (broad SMARTS) is 1. The molecular formula is C12H14F3NO2. The number of halogens is 3. The fourth-order valence-electron chi connectivity index (χ4n) is 1.34. The minimum Gasteiger partial charge on any atom is -0.480 e. The maximum Gasteiger partial charge on any atom is 0.416 e. The van der Waals surface area contributed by atoms with E-state index < -0.39 is 23.2 Å². The number of nitrogens with one attached hydrogen (secondary N) is 1. The first-order valence-corrected chi connectivity index (χ1v) is 5.28. The van der Waals surface area contributed by atoms with Crippen molar-refractivity contribution in [1.82, 2.24) is 5.32 Å². The third-order valence-electron chi connectivity index (χ3n) is 2.58. The maximum absolute atomic E-state index is 12.7. The fourth-order valence-corrected chi connectivity index (χ4v) is 1.34. The minimum absolute atomic E-state index is 0.0272. The third kappa shape index (κ3) is 3.46. The van der Waals surface area contributed by atoms with Crippen molar-refractivity contribution >= 4 is 5.97 Å². The summed E-state index contributed by atoms with van der Waals surface area (Å²) in [6.07, 6.45) is -4.44. The van der Waals surface area contributed by atoms with Crippen LogP contribution in [0.2, 0.25) is 0 Å². The molecule has 0 aromatic heterocycles. The first kappa shape index (κ1) is 14.5. The molecule has 0 bridgehead atoms. The standard InChI is InChI=1S/C12H14F3NO2/c1-11(2,10(17)18)16-7-8-5-3-4-6-9(8)12(13,14)15/h3-6,16H,7H2,1-2H3,(H,17,18). The number of benzene rings is 1. The molecule has 0 unspecified atom stereocenters. The van der Waals surface area contributed by atoms with Crippen LogP contribution < -0.4 is 5.32 Å². The van der Waals surface area contributed by atoms with Gasteiger partial charge in [-0.05, 0) is 25.5 Å². The molecule has 0 atom stereocenters. The van der Waals surface area contributed by atoms with Crippen molar-refractivity contribution in [2.45, 2.75) is 32.1 Å². The Kier molecular flexibility index (Phi) is 4.01. The lowest BCUT2D eigenvalue weighted by molar-refractivity contribution is -0.143. The molecular weight excluding hydrogens is 247 g/mol. The molecule has 0 amide bonds. The Morgan fingerprint density at radius 1 is 1.28 bits per heavy atom. The van der Waals surface area contributed by atoms with E-state index in [-0.39, 0.29) is 12.1 Å². The van der Waals surface area contributed by atoms with E-state index in [1.54, 1.807) is 0 Å². The molecule has 3 nitrogen and oxygen atoms in total. The zero-order valence-electron chi connectivity index (χ0n) is 10.0. The van der Waals surface area contributed by atoms with Crippen molar-refractivity contribution in [3.8, 4) is 0 Å². The van der Waals surface area contributed by atoms with E-state index in [2.05, 4.69) is 5.32 Å². The number of carboxylic acids is 1. The van der Waals surface area contributed by atoms with Gasteiger partial charge in [-0.15, -0.1) is 0 Å². The number of aliphatic carboxylic acids is 1. The van der Waals surface area contributed by atoms with Crippen molar-refractivity contribution in [3.63, 3.8) is 0 Å². The summed E-state index contributed by atoms with van der Waals surface area (Å²) in [4.78, 5) is 10.8. The predicted octanol–water partition coefficient (Wildman–Crippen LogP) is 2.66. The van der Waals surface area contributed by atoms with E-state index in [9.17, 15) is 18.0 Å². The van der Waals surface area contributed by atoms with Gasteiger partial charge in [0.15, 0.2) is 0 Å². The average molecular weight is 261 g/mol. The molecule has 100 valence electrons. The second-order valence-electron chi connectivity index (χ2n) is 4.44. The molecule has 0 saturated heterocycles. The molecule has 0 fully saturated rings. The van der Waals surface area contributed by atoms with Crippen LogP contribution in [0.15, 0.2) is 24.3 Å². The summed E-state index contributed by atoms with van der Waals surface area (Å²) < 4.78 is 38.0. The Hall–Kier alpha value is -1.56. The number of hydrogen-bond acceptors (Lipinski definition) is 2. The Balaban J connectivity index is 2.90. The highest BCUT2D eigenvalue weighted by atomic mass is 19.4. The van der Waals surface area contributed by atoms with Crippen molar-refractivity contribution in [2.24, 2.45) is 0 Å². The molecule has 6 heteroatoms. The lowest BCUT2D eigenvalue weighted by atomic mass is 10.0. The summed E-state index contributed by atoms with van der Waals surface area (Å²) in [5, 5.41) is 11.5. The minimum atomic E-state index is -4.44. The zero-order valence-corrected chi connectivity index (χ0v) is 10.0. The van der Waals surface area contributed by atoms with Gasteiger partial charge in [0.1, 0.15) is 5.54 Å². The predicted molar refractivity (Wildman–Crippen MR) is 60.0 cm³/mol. The molecule has 1 aromatic carbocycles. The third-order valence-corrected chi connectivity index (χ3v) is 2.58. The second kappa shape index (κ2) is 4.97. The van der Waals surface area contributed by atoms with Gasteiger partial charge in [-0.1, -0.05) is 18.2 Å². The molecule has 0 aliphatic carbocycles. The van der Waals surface area contributed by atoms with Gasteiger partial charge in [0, 0.05) is 6.54 Å². The van der Waals surface area contributed by atoms with E-state index in [0.717, 1.165) is 6.07 Å². The Bertz CT molecular complexity index is 441. The van der Waals surface area contributed by atoms with Gasteiger partial charge in [-0.3, -0.25) is 10.1 Å². The Morgan fingerprint density at radius 2 is 1.83 bits per heavy atom. The lowest BCUT2D eigenvalue weighted by Crippen LogP contribution is -2.46. The van der Waals surface area contributed by atoms with Gasteiger partial charge >= 0.3 is 12.1 Å². The van der Waals surface area contributed by atoms with E-state index in [4.69, 9.17) is 5.11 Å². The van der Waals surface area contributed by atoms with Gasteiger partial charge < -0.3 is 5.11 Å². The molecule has 0 radical (unpaired) electrons. The van der Waals surface area contributed by atoms with Crippen LogP contribution in [-0.2, 0) is 17.5 Å². The number of hydrogen-bond donors (Lipinski definition) is 2. The lowest BCUT2D eigenvalue weighted by Gasteiger charge is -2.22. The van der Waals surface area contributed by atoms with E-state index in [1.165, 1.54) is 32.0 Å². The highest BCUT2D eigenvalue weighted by molar-refractivity contribution is 5.77. The molecule has 1 rings (SSSR count). The van der Waals surface area contributed by atoms with Crippen LogP contribution in [0.3, 0.4) is 0 Å². The zero-order chi connectivity index (χ0) is 14.0. The molecule has 2 N–H and O–H groups in total. The SMILES string of the molecule is CC(C)(NCc1ccccc1C(F)(F)F)C(=O)O. The molecule has 1 aromatic rings. The van der Waals surface area contributed by atoms with Gasteiger partial charge in [-0.2, -0.15) is 13.2 Å². The smallest absolute Gasteiger partial charge is 0.416 e. The van der Waals surface area contributed by atoms with Crippen molar-refractivity contribution in [3.05, 3.63) is 35.4 Å². The summed E-state index contributed by atoms with van der Waals surface area (Å²) >= 11 is 0. The molecule has 0 aliphatic rings. The quantitative estimate of drug-likeness (QED) is 0.876. The first-order chi connectivity index (χ1) is 8.14. The number of carbonyl (C=O) groups is 1. The second-order valence-corrected chi connectivity index (χ2v) is 4.44. The maximum atomic E-state index is 12.7. The normalized spacial score (nSPS) is 12.5. The van der Waals surface area contributed by atoms with Crippen LogP contribution in [0, 0.1) is 0 Å². The molecule has 0 saturated carbocycles. The average Bonchev–Trinajstić information content (AvgIpc) is 2.25. The summed E-state index contributed by atoms with van der Waals surface area (Å²) in [6, 6.07) is 5.09. The number of rotatable bonds is 4. The van der Waals surface area contributed by atoms with Crippen LogP contribution in [0.5, 0.6) is 0 Å². The van der Waals surface area contributed by atoms with E-state index >= 15 is 0 Å². The summed E-state index contributed by atoms with van der Waals surface area (Å²) in [5.74, 6) is -1.12. The van der Waals surface area contributed by atoms with Crippen LogP contribution in [0.25, 0.3) is 0 Å². The highest BCUT2D eigenvalue weighted by Gasteiger charge is 2.33. The van der Waals surface area contributed by atoms with Gasteiger partial charge in [0.05, 0.1) is 5.56 Å².